The minimum atomic E-state index is -3.70. The van der Waals surface area contributed by atoms with Gasteiger partial charge < -0.3 is 5.32 Å². The molecule has 3 N–H and O–H groups in total. The van der Waals surface area contributed by atoms with Crippen LogP contribution >= 0.6 is 0 Å². The lowest BCUT2D eigenvalue weighted by Crippen LogP contribution is -2.26. The Labute approximate surface area is 170 Å². The molecule has 0 unspecified atom stereocenters. The van der Waals surface area contributed by atoms with Crippen LogP contribution in [0, 0.1) is 0 Å². The molecule has 0 fully saturated rings. The zero-order valence-electron chi connectivity index (χ0n) is 15.8. The lowest BCUT2D eigenvalue weighted by Gasteiger charge is -2.10. The van der Waals surface area contributed by atoms with Crippen LogP contribution in [0.1, 0.15) is 16.7 Å². The van der Waals surface area contributed by atoms with Crippen LogP contribution in [0.15, 0.2) is 89.8 Å². The maximum Gasteiger partial charge on any atom is 0.251 e. The van der Waals surface area contributed by atoms with Crippen molar-refractivity contribution in [2.45, 2.75) is 11.3 Å². The molecule has 0 atom stereocenters. The SMILES string of the molecule is NS(=O)(=O)c1ccc(CCNC(=O)C(=Cc2ccccc2)c2ccccc2)cc1. The maximum absolute atomic E-state index is 12.8. The lowest BCUT2D eigenvalue weighted by molar-refractivity contribution is -0.115. The Kier molecular flexibility index (Phi) is 6.59. The third-order valence-electron chi connectivity index (χ3n) is 4.39. The minimum absolute atomic E-state index is 0.0717. The van der Waals surface area contributed by atoms with Gasteiger partial charge in [0.15, 0.2) is 0 Å². The molecule has 3 rings (SSSR count). The van der Waals surface area contributed by atoms with Gasteiger partial charge in [0.05, 0.1) is 4.90 Å². The molecule has 148 valence electrons. The van der Waals surface area contributed by atoms with Gasteiger partial charge in [-0.05, 0) is 41.3 Å². The summed E-state index contributed by atoms with van der Waals surface area (Å²) in [6.45, 7) is 0.423. The summed E-state index contributed by atoms with van der Waals surface area (Å²) < 4.78 is 22.6. The Morgan fingerprint density at radius 3 is 2.03 bits per heavy atom. The smallest absolute Gasteiger partial charge is 0.251 e. The van der Waals surface area contributed by atoms with E-state index in [1.807, 2.05) is 66.7 Å². The van der Waals surface area contributed by atoms with Crippen LogP contribution in [0.3, 0.4) is 0 Å². The van der Waals surface area contributed by atoms with E-state index in [0.29, 0.717) is 18.5 Å². The predicted octanol–water partition coefficient (Wildman–Crippen LogP) is 3.23. The summed E-state index contributed by atoms with van der Waals surface area (Å²) in [6.07, 6.45) is 2.44. The second-order valence-corrected chi connectivity index (χ2v) is 8.09. The third kappa shape index (κ3) is 5.88. The van der Waals surface area contributed by atoms with Gasteiger partial charge in [-0.25, -0.2) is 13.6 Å². The van der Waals surface area contributed by atoms with Gasteiger partial charge in [-0.1, -0.05) is 72.8 Å². The Morgan fingerprint density at radius 1 is 0.862 bits per heavy atom. The van der Waals surface area contributed by atoms with Crippen LogP contribution in [0.25, 0.3) is 11.6 Å². The number of hydrogen-bond donors (Lipinski definition) is 2. The van der Waals surface area contributed by atoms with Crippen LogP contribution in [0.5, 0.6) is 0 Å². The van der Waals surface area contributed by atoms with Gasteiger partial charge >= 0.3 is 0 Å². The van der Waals surface area contributed by atoms with Crippen molar-refractivity contribution < 1.29 is 13.2 Å². The van der Waals surface area contributed by atoms with Crippen LogP contribution < -0.4 is 10.5 Å². The number of nitrogens with one attached hydrogen (secondary N) is 1. The summed E-state index contributed by atoms with van der Waals surface area (Å²) in [5, 5.41) is 8.05. The first-order valence-electron chi connectivity index (χ1n) is 9.15. The zero-order valence-corrected chi connectivity index (χ0v) is 16.6. The summed E-state index contributed by atoms with van der Waals surface area (Å²) >= 11 is 0. The van der Waals surface area contributed by atoms with E-state index in [-0.39, 0.29) is 10.8 Å². The highest BCUT2D eigenvalue weighted by Gasteiger charge is 2.12. The van der Waals surface area contributed by atoms with Crippen LogP contribution in [0.2, 0.25) is 0 Å². The number of rotatable bonds is 7. The molecule has 0 heterocycles. The molecule has 3 aromatic rings. The van der Waals surface area contributed by atoms with Gasteiger partial charge in [-0.2, -0.15) is 0 Å². The molecular weight excluding hydrogens is 384 g/mol. The molecule has 5 nitrogen and oxygen atoms in total. The molecule has 1 amide bonds. The Balaban J connectivity index is 1.70. The van der Waals surface area contributed by atoms with Crippen molar-refractivity contribution in [3.05, 3.63) is 102 Å². The van der Waals surface area contributed by atoms with E-state index in [4.69, 9.17) is 5.14 Å². The summed E-state index contributed by atoms with van der Waals surface area (Å²) in [6, 6.07) is 25.5. The summed E-state index contributed by atoms with van der Waals surface area (Å²) in [4.78, 5) is 12.9. The first-order chi connectivity index (χ1) is 13.9. The van der Waals surface area contributed by atoms with E-state index in [1.165, 1.54) is 12.1 Å². The summed E-state index contributed by atoms with van der Waals surface area (Å²) in [5.41, 5.74) is 3.28. The fourth-order valence-corrected chi connectivity index (χ4v) is 3.39. The van der Waals surface area contributed by atoms with Gasteiger partial charge in [0.25, 0.3) is 5.91 Å². The van der Waals surface area contributed by atoms with E-state index in [1.54, 1.807) is 12.1 Å². The zero-order chi connectivity index (χ0) is 20.7. The second-order valence-electron chi connectivity index (χ2n) is 6.53. The second kappa shape index (κ2) is 9.32. The van der Waals surface area contributed by atoms with Crippen LogP contribution in [-0.4, -0.2) is 20.9 Å². The molecule has 0 aliphatic rings. The monoisotopic (exact) mass is 406 g/mol. The van der Waals surface area contributed by atoms with Gasteiger partial charge in [0.2, 0.25) is 10.0 Å². The summed E-state index contributed by atoms with van der Waals surface area (Å²) in [5.74, 6) is -0.166. The number of primary sulfonamides is 1. The Bertz CT molecular complexity index is 1090. The van der Waals surface area contributed by atoms with E-state index < -0.39 is 10.0 Å². The van der Waals surface area contributed by atoms with E-state index in [9.17, 15) is 13.2 Å². The highest BCUT2D eigenvalue weighted by atomic mass is 32.2. The van der Waals surface area contributed by atoms with E-state index in [2.05, 4.69) is 5.32 Å². The summed E-state index contributed by atoms with van der Waals surface area (Å²) in [7, 11) is -3.70. The molecule has 0 saturated heterocycles. The molecule has 0 aliphatic carbocycles. The van der Waals surface area contributed by atoms with Crippen molar-refractivity contribution in [3.63, 3.8) is 0 Å². The quantitative estimate of drug-likeness (QED) is 0.466. The van der Waals surface area contributed by atoms with Crippen molar-refractivity contribution in [1.82, 2.24) is 5.32 Å². The predicted molar refractivity (Wildman–Crippen MR) is 115 cm³/mol. The van der Waals surface area contributed by atoms with Crippen molar-refractivity contribution in [3.8, 4) is 0 Å². The number of benzene rings is 3. The molecular formula is C23H22N2O3S. The molecule has 0 aromatic heterocycles. The largest absolute Gasteiger partial charge is 0.352 e. The molecule has 0 aliphatic heterocycles. The van der Waals surface area contributed by atoms with Crippen LogP contribution in [-0.2, 0) is 21.2 Å². The average Bonchev–Trinajstić information content (AvgIpc) is 2.73. The number of sulfonamides is 1. The van der Waals surface area contributed by atoms with Gasteiger partial charge in [0.1, 0.15) is 0 Å². The van der Waals surface area contributed by atoms with Crippen molar-refractivity contribution in [2.24, 2.45) is 5.14 Å². The van der Waals surface area contributed by atoms with Crippen molar-refractivity contribution in [1.29, 1.82) is 0 Å². The maximum atomic E-state index is 12.8. The third-order valence-corrected chi connectivity index (χ3v) is 5.32. The standard InChI is InChI=1S/C23H22N2O3S/c24-29(27,28)21-13-11-18(12-14-21)15-16-25-23(26)22(20-9-5-2-6-10-20)17-19-7-3-1-4-8-19/h1-14,17H,15-16H2,(H,25,26)(H2,24,27,28). The van der Waals surface area contributed by atoms with Crippen molar-refractivity contribution >= 4 is 27.6 Å². The number of carbonyl (C=O) groups is 1. The van der Waals surface area contributed by atoms with Crippen molar-refractivity contribution in [2.75, 3.05) is 6.54 Å². The normalized spacial score (nSPS) is 11.8. The number of nitrogens with two attached hydrogens (primary N) is 1. The molecule has 0 bridgehead atoms. The van der Waals surface area contributed by atoms with Gasteiger partial charge in [-0.15, -0.1) is 0 Å². The first-order valence-corrected chi connectivity index (χ1v) is 10.7. The molecule has 0 saturated carbocycles. The highest BCUT2D eigenvalue weighted by molar-refractivity contribution is 7.89. The first kappa shape index (κ1) is 20.5. The fourth-order valence-electron chi connectivity index (χ4n) is 2.88. The van der Waals surface area contributed by atoms with E-state index >= 15 is 0 Å². The average molecular weight is 407 g/mol. The number of hydrogen-bond acceptors (Lipinski definition) is 3. The van der Waals surface area contributed by atoms with Gasteiger partial charge in [0, 0.05) is 12.1 Å². The Morgan fingerprint density at radius 2 is 1.45 bits per heavy atom. The fraction of sp³-hybridized carbons (Fsp3) is 0.0870. The number of amides is 1. The minimum Gasteiger partial charge on any atom is -0.352 e. The van der Waals surface area contributed by atoms with Gasteiger partial charge in [-0.3, -0.25) is 4.79 Å². The topological polar surface area (TPSA) is 89.3 Å². The van der Waals surface area contributed by atoms with Crippen LogP contribution in [0.4, 0.5) is 0 Å². The molecule has 0 spiro atoms. The number of carbonyl (C=O) groups excluding carboxylic acids is 1. The Hall–Kier alpha value is -3.22. The highest BCUT2D eigenvalue weighted by Crippen LogP contribution is 2.18. The molecule has 3 aromatic carbocycles. The molecule has 6 heteroatoms. The molecule has 0 radical (unpaired) electrons. The van der Waals surface area contributed by atoms with E-state index in [0.717, 1.165) is 16.7 Å². The lowest BCUT2D eigenvalue weighted by atomic mass is 10.0. The molecule has 29 heavy (non-hydrogen) atoms.